The summed E-state index contributed by atoms with van der Waals surface area (Å²) < 4.78 is 16.3. The molecule has 0 aliphatic heterocycles. The molecule has 3 aromatic rings. The lowest BCUT2D eigenvalue weighted by molar-refractivity contribution is -0.142. The van der Waals surface area contributed by atoms with Crippen LogP contribution in [0.3, 0.4) is 0 Å². The van der Waals surface area contributed by atoms with E-state index in [4.69, 9.17) is 13.9 Å². The molecule has 2 amide bonds. The van der Waals surface area contributed by atoms with Gasteiger partial charge in [0, 0.05) is 19.0 Å². The molecule has 0 aliphatic rings. The summed E-state index contributed by atoms with van der Waals surface area (Å²) in [4.78, 5) is 30.3. The molecule has 7 heteroatoms. The molecule has 3 rings (SSSR count). The van der Waals surface area contributed by atoms with Crippen LogP contribution in [0, 0.1) is 0 Å². The van der Waals surface area contributed by atoms with Gasteiger partial charge < -0.3 is 23.7 Å². The van der Waals surface area contributed by atoms with Crippen LogP contribution in [0.5, 0.6) is 11.5 Å². The number of methoxy groups -OCH3 is 2. The number of rotatable bonds is 14. The Morgan fingerprint density at radius 2 is 1.65 bits per heavy atom. The van der Waals surface area contributed by atoms with Crippen LogP contribution in [0.4, 0.5) is 0 Å². The lowest BCUT2D eigenvalue weighted by Gasteiger charge is -2.31. The van der Waals surface area contributed by atoms with Crippen molar-refractivity contribution >= 4 is 11.8 Å². The van der Waals surface area contributed by atoms with Crippen LogP contribution in [0.25, 0.3) is 0 Å². The Balaban J connectivity index is 1.71. The molecule has 0 aliphatic carbocycles. The van der Waals surface area contributed by atoms with Crippen molar-refractivity contribution < 1.29 is 23.5 Å². The van der Waals surface area contributed by atoms with Gasteiger partial charge in [-0.15, -0.1) is 0 Å². The van der Waals surface area contributed by atoms with Gasteiger partial charge in [0.1, 0.15) is 12.3 Å². The molecule has 0 bridgehead atoms. The van der Waals surface area contributed by atoms with Gasteiger partial charge in [-0.2, -0.15) is 0 Å². The molecule has 0 saturated heterocycles. The summed E-state index contributed by atoms with van der Waals surface area (Å²) in [5.74, 6) is 1.89. The second-order valence-corrected chi connectivity index (χ2v) is 9.10. The van der Waals surface area contributed by atoms with Crippen LogP contribution in [0.15, 0.2) is 71.3 Å². The average molecular weight is 507 g/mol. The maximum atomic E-state index is 13.6. The van der Waals surface area contributed by atoms with Crippen LogP contribution in [-0.2, 0) is 29.0 Å². The maximum Gasteiger partial charge on any atom is 0.242 e. The smallest absolute Gasteiger partial charge is 0.242 e. The van der Waals surface area contributed by atoms with E-state index in [1.54, 1.807) is 30.3 Å². The lowest BCUT2D eigenvalue weighted by atomic mass is 10.1. The first-order valence-corrected chi connectivity index (χ1v) is 12.8. The lowest BCUT2D eigenvalue weighted by Crippen LogP contribution is -2.46. The molecule has 1 aromatic heterocycles. The minimum atomic E-state index is -0.106. The first-order chi connectivity index (χ1) is 17.9. The van der Waals surface area contributed by atoms with Crippen molar-refractivity contribution in [2.75, 3.05) is 27.3 Å². The first kappa shape index (κ1) is 27.8. The molecule has 0 unspecified atom stereocenters. The summed E-state index contributed by atoms with van der Waals surface area (Å²) in [7, 11) is 3.21. The van der Waals surface area contributed by atoms with Crippen molar-refractivity contribution in [1.29, 1.82) is 0 Å². The number of nitrogens with zero attached hydrogens (tertiary/aromatic N) is 2. The molecule has 198 valence electrons. The Hall–Kier alpha value is -3.74. The molecule has 1 heterocycles. The predicted molar refractivity (Wildman–Crippen MR) is 144 cm³/mol. The molecular weight excluding hydrogens is 468 g/mol. The van der Waals surface area contributed by atoms with Gasteiger partial charge in [0.05, 0.1) is 27.0 Å². The van der Waals surface area contributed by atoms with E-state index < -0.39 is 0 Å². The van der Waals surface area contributed by atoms with E-state index in [9.17, 15) is 9.59 Å². The normalized spacial score (nSPS) is 11.6. The molecule has 0 radical (unpaired) electrons. The number of hydrogen-bond donors (Lipinski definition) is 0. The van der Waals surface area contributed by atoms with E-state index in [1.165, 1.54) is 0 Å². The van der Waals surface area contributed by atoms with Crippen LogP contribution in [-0.4, -0.2) is 55.0 Å². The highest BCUT2D eigenvalue weighted by atomic mass is 16.5. The first-order valence-electron chi connectivity index (χ1n) is 12.8. The van der Waals surface area contributed by atoms with Crippen molar-refractivity contribution in [3.05, 3.63) is 83.8 Å². The van der Waals surface area contributed by atoms with Gasteiger partial charge in [-0.3, -0.25) is 9.59 Å². The highest BCUT2D eigenvalue weighted by Gasteiger charge is 2.25. The zero-order chi connectivity index (χ0) is 26.6. The summed E-state index contributed by atoms with van der Waals surface area (Å²) in [6.07, 6.45) is 4.01. The molecule has 0 saturated carbocycles. The minimum absolute atomic E-state index is 0.00982. The fraction of sp³-hybridized carbons (Fsp3) is 0.400. The zero-order valence-corrected chi connectivity index (χ0v) is 22.3. The average Bonchev–Trinajstić information content (AvgIpc) is 3.45. The van der Waals surface area contributed by atoms with Gasteiger partial charge in [0.15, 0.2) is 11.5 Å². The van der Waals surface area contributed by atoms with Gasteiger partial charge in [0.2, 0.25) is 11.8 Å². The zero-order valence-electron chi connectivity index (χ0n) is 22.3. The Bertz CT molecular complexity index is 1110. The summed E-state index contributed by atoms with van der Waals surface area (Å²) >= 11 is 0. The molecular formula is C30H38N2O5. The molecule has 0 spiro atoms. The number of benzene rings is 2. The second kappa shape index (κ2) is 14.1. The van der Waals surface area contributed by atoms with Gasteiger partial charge in [0.25, 0.3) is 0 Å². The minimum Gasteiger partial charge on any atom is -0.493 e. The molecule has 0 N–H and O–H groups in total. The van der Waals surface area contributed by atoms with Crippen molar-refractivity contribution in [3.8, 4) is 11.5 Å². The van der Waals surface area contributed by atoms with Crippen molar-refractivity contribution in [1.82, 2.24) is 9.80 Å². The summed E-state index contributed by atoms with van der Waals surface area (Å²) in [5.41, 5.74) is 2.13. The molecule has 7 nitrogen and oxygen atoms in total. The quantitative estimate of drug-likeness (QED) is 0.303. The number of hydrogen-bond acceptors (Lipinski definition) is 5. The number of ether oxygens (including phenoxy) is 2. The number of amides is 2. The number of furan rings is 1. The predicted octanol–water partition coefficient (Wildman–Crippen LogP) is 5.13. The molecule has 1 atom stereocenters. The summed E-state index contributed by atoms with van der Waals surface area (Å²) in [6.45, 7) is 4.88. The Labute approximate surface area is 220 Å². The maximum absolute atomic E-state index is 13.6. The third kappa shape index (κ3) is 8.13. The van der Waals surface area contributed by atoms with E-state index in [1.807, 2.05) is 74.5 Å². The second-order valence-electron chi connectivity index (χ2n) is 9.10. The van der Waals surface area contributed by atoms with Gasteiger partial charge in [-0.05, 0) is 61.6 Å². The van der Waals surface area contributed by atoms with Gasteiger partial charge >= 0.3 is 0 Å². The largest absolute Gasteiger partial charge is 0.493 e. The van der Waals surface area contributed by atoms with E-state index >= 15 is 0 Å². The van der Waals surface area contributed by atoms with Gasteiger partial charge in [-0.25, -0.2) is 0 Å². The number of aryl methyl sites for hydroxylation is 1. The fourth-order valence-electron chi connectivity index (χ4n) is 4.18. The standard InChI is InChI=1S/C30H38N2O5/c1-5-23(2)32(29(33)16-14-24-10-7-6-8-11-24)22-30(34)31(21-26-12-9-19-37-26)18-17-25-13-15-27(35-3)28(20-25)36-4/h6-13,15,19-20,23H,5,14,16-18,21-22H2,1-4H3/t23-/m1/s1. The molecule has 2 aromatic carbocycles. The monoisotopic (exact) mass is 506 g/mol. The van der Waals surface area contributed by atoms with Crippen LogP contribution in [0.2, 0.25) is 0 Å². The Morgan fingerprint density at radius 3 is 2.30 bits per heavy atom. The van der Waals surface area contributed by atoms with E-state index in [-0.39, 0.29) is 24.4 Å². The Kier molecular flexibility index (Phi) is 10.6. The summed E-state index contributed by atoms with van der Waals surface area (Å²) in [6, 6.07) is 19.3. The van der Waals surface area contributed by atoms with Crippen LogP contribution in [0.1, 0.15) is 43.6 Å². The third-order valence-corrected chi connectivity index (χ3v) is 6.62. The molecule has 0 fully saturated rings. The Morgan fingerprint density at radius 1 is 0.892 bits per heavy atom. The highest BCUT2D eigenvalue weighted by molar-refractivity contribution is 5.85. The SMILES string of the molecule is CC[C@@H](C)N(CC(=O)N(CCc1ccc(OC)c(OC)c1)Cc1ccco1)C(=O)CCc1ccccc1. The summed E-state index contributed by atoms with van der Waals surface area (Å²) in [5, 5.41) is 0. The van der Waals surface area contributed by atoms with Crippen LogP contribution < -0.4 is 9.47 Å². The fourth-order valence-corrected chi connectivity index (χ4v) is 4.18. The molecule has 37 heavy (non-hydrogen) atoms. The van der Waals surface area contributed by atoms with Crippen molar-refractivity contribution in [2.45, 2.75) is 52.1 Å². The van der Waals surface area contributed by atoms with E-state index in [2.05, 4.69) is 0 Å². The highest BCUT2D eigenvalue weighted by Crippen LogP contribution is 2.28. The van der Waals surface area contributed by atoms with Gasteiger partial charge in [-0.1, -0.05) is 43.3 Å². The third-order valence-electron chi connectivity index (χ3n) is 6.62. The number of carbonyl (C=O) groups excluding carboxylic acids is 2. The van der Waals surface area contributed by atoms with Crippen molar-refractivity contribution in [2.24, 2.45) is 0 Å². The van der Waals surface area contributed by atoms with E-state index in [0.29, 0.717) is 49.6 Å². The topological polar surface area (TPSA) is 72.2 Å². The van der Waals surface area contributed by atoms with E-state index in [0.717, 1.165) is 17.5 Å². The number of carbonyl (C=O) groups is 2. The van der Waals surface area contributed by atoms with Crippen LogP contribution >= 0.6 is 0 Å². The van der Waals surface area contributed by atoms with Crippen molar-refractivity contribution in [3.63, 3.8) is 0 Å².